The number of nitrogens with zero attached hydrogens (tertiary/aromatic N) is 3. The van der Waals surface area contributed by atoms with Crippen LogP contribution < -0.4 is 10.6 Å². The Kier molecular flexibility index (Phi) is 6.57. The van der Waals surface area contributed by atoms with E-state index in [0.29, 0.717) is 31.5 Å². The molecule has 0 saturated carbocycles. The number of piperidine rings is 1. The predicted octanol–water partition coefficient (Wildman–Crippen LogP) is 4.97. The molecular formula is C28H27N5O2. The maximum Gasteiger partial charge on any atom is 0.319 e. The molecule has 2 heterocycles. The smallest absolute Gasteiger partial charge is 0.319 e. The van der Waals surface area contributed by atoms with E-state index in [1.807, 2.05) is 101 Å². The van der Waals surface area contributed by atoms with Gasteiger partial charge < -0.3 is 15.5 Å². The number of carbonyl (C=O) groups is 2. The van der Waals surface area contributed by atoms with E-state index in [4.69, 9.17) is 0 Å². The van der Waals surface area contributed by atoms with Crippen molar-refractivity contribution in [3.63, 3.8) is 0 Å². The Bertz CT molecular complexity index is 1300. The normalized spacial score (nSPS) is 13.9. The number of para-hydroxylation sites is 1. The summed E-state index contributed by atoms with van der Waals surface area (Å²) in [5, 5.41) is 10.4. The number of hydrogen-bond acceptors (Lipinski definition) is 3. The summed E-state index contributed by atoms with van der Waals surface area (Å²) in [6, 6.07) is 28.8. The van der Waals surface area contributed by atoms with Crippen molar-refractivity contribution in [1.29, 1.82) is 0 Å². The van der Waals surface area contributed by atoms with E-state index >= 15 is 0 Å². The topological polar surface area (TPSA) is 79.3 Å². The van der Waals surface area contributed by atoms with Crippen LogP contribution >= 0.6 is 0 Å². The molecule has 0 radical (unpaired) electrons. The molecule has 7 nitrogen and oxygen atoms in total. The van der Waals surface area contributed by atoms with Crippen LogP contribution in [0.1, 0.15) is 23.2 Å². The highest BCUT2D eigenvalue weighted by Gasteiger charge is 2.25. The molecular weight excluding hydrogens is 438 g/mol. The van der Waals surface area contributed by atoms with E-state index in [0.717, 1.165) is 22.6 Å². The Labute approximate surface area is 204 Å². The molecule has 35 heavy (non-hydrogen) atoms. The fourth-order valence-electron chi connectivity index (χ4n) is 4.39. The van der Waals surface area contributed by atoms with Crippen LogP contribution in [0.25, 0.3) is 16.9 Å². The van der Waals surface area contributed by atoms with Crippen LogP contribution in [0.4, 0.5) is 10.5 Å². The number of anilines is 1. The molecule has 0 bridgehead atoms. The molecule has 3 amide bonds. The number of amides is 3. The Hall–Kier alpha value is -4.39. The number of carbonyl (C=O) groups excluding carboxylic acids is 2. The molecule has 0 unspecified atom stereocenters. The van der Waals surface area contributed by atoms with Crippen LogP contribution in [-0.2, 0) is 0 Å². The molecule has 1 aliphatic rings. The van der Waals surface area contributed by atoms with Crippen LogP contribution in [0.2, 0.25) is 0 Å². The van der Waals surface area contributed by atoms with Crippen LogP contribution in [-0.4, -0.2) is 45.8 Å². The van der Waals surface area contributed by atoms with Crippen molar-refractivity contribution >= 4 is 17.6 Å². The van der Waals surface area contributed by atoms with Gasteiger partial charge in [-0.2, -0.15) is 5.10 Å². The van der Waals surface area contributed by atoms with Gasteiger partial charge in [0.15, 0.2) is 0 Å². The van der Waals surface area contributed by atoms with E-state index in [-0.39, 0.29) is 18.0 Å². The lowest BCUT2D eigenvalue weighted by Crippen LogP contribution is -2.47. The van der Waals surface area contributed by atoms with E-state index in [1.165, 1.54) is 0 Å². The molecule has 176 valence electrons. The standard InChI is InChI=1S/C28H27N5O2/c34-27(32-18-15-24(16-19-32)31-28(35)30-23-11-5-2-6-12-23)22-10-7-13-25(20-22)33-26(14-17-29-33)21-8-3-1-4-9-21/h1-14,17,20,24H,15-16,18-19H2,(H2,30,31,35). The molecule has 5 rings (SSSR count). The minimum Gasteiger partial charge on any atom is -0.338 e. The molecule has 3 aromatic carbocycles. The lowest BCUT2D eigenvalue weighted by atomic mass is 10.0. The van der Waals surface area contributed by atoms with Gasteiger partial charge in [0.2, 0.25) is 0 Å². The predicted molar refractivity (Wildman–Crippen MR) is 137 cm³/mol. The second-order valence-electron chi connectivity index (χ2n) is 8.58. The molecule has 1 fully saturated rings. The lowest BCUT2D eigenvalue weighted by molar-refractivity contribution is 0.0709. The van der Waals surface area contributed by atoms with Crippen molar-refractivity contribution in [2.75, 3.05) is 18.4 Å². The highest BCUT2D eigenvalue weighted by molar-refractivity contribution is 5.95. The third-order valence-electron chi connectivity index (χ3n) is 6.20. The molecule has 7 heteroatoms. The van der Waals surface area contributed by atoms with E-state index in [2.05, 4.69) is 15.7 Å². The zero-order valence-electron chi connectivity index (χ0n) is 19.3. The molecule has 4 aromatic rings. The molecule has 1 saturated heterocycles. The molecule has 2 N–H and O–H groups in total. The van der Waals surface area contributed by atoms with Gasteiger partial charge in [-0.3, -0.25) is 4.79 Å². The third kappa shape index (κ3) is 5.24. The highest BCUT2D eigenvalue weighted by Crippen LogP contribution is 2.23. The zero-order chi connectivity index (χ0) is 24.0. The fourth-order valence-corrected chi connectivity index (χ4v) is 4.39. The first-order valence-corrected chi connectivity index (χ1v) is 11.8. The summed E-state index contributed by atoms with van der Waals surface area (Å²) in [6.45, 7) is 1.19. The maximum atomic E-state index is 13.2. The third-order valence-corrected chi connectivity index (χ3v) is 6.20. The van der Waals surface area contributed by atoms with Gasteiger partial charge in [-0.1, -0.05) is 54.6 Å². The van der Waals surface area contributed by atoms with Crippen molar-refractivity contribution in [1.82, 2.24) is 20.0 Å². The Morgan fingerprint density at radius 2 is 1.54 bits per heavy atom. The first-order valence-electron chi connectivity index (χ1n) is 11.8. The van der Waals surface area contributed by atoms with Gasteiger partial charge in [0.1, 0.15) is 0 Å². The molecule has 0 aliphatic carbocycles. The Morgan fingerprint density at radius 1 is 0.829 bits per heavy atom. The summed E-state index contributed by atoms with van der Waals surface area (Å²) >= 11 is 0. The van der Waals surface area contributed by atoms with Gasteiger partial charge in [0.05, 0.1) is 17.6 Å². The van der Waals surface area contributed by atoms with Crippen LogP contribution in [0.5, 0.6) is 0 Å². The minimum atomic E-state index is -0.220. The highest BCUT2D eigenvalue weighted by atomic mass is 16.2. The van der Waals surface area contributed by atoms with Gasteiger partial charge in [0, 0.05) is 35.9 Å². The largest absolute Gasteiger partial charge is 0.338 e. The molecule has 1 aliphatic heterocycles. The van der Waals surface area contributed by atoms with Crippen molar-refractivity contribution in [2.45, 2.75) is 18.9 Å². The lowest BCUT2D eigenvalue weighted by Gasteiger charge is -2.32. The second-order valence-corrected chi connectivity index (χ2v) is 8.58. The second kappa shape index (κ2) is 10.3. The summed E-state index contributed by atoms with van der Waals surface area (Å²) in [6.07, 6.45) is 3.19. The summed E-state index contributed by atoms with van der Waals surface area (Å²) < 4.78 is 1.85. The van der Waals surface area contributed by atoms with Gasteiger partial charge >= 0.3 is 6.03 Å². The summed E-state index contributed by atoms with van der Waals surface area (Å²) in [5.41, 5.74) is 4.26. The number of hydrogen-bond donors (Lipinski definition) is 2. The summed E-state index contributed by atoms with van der Waals surface area (Å²) in [5.74, 6) is -0.00699. The molecule has 0 spiro atoms. The van der Waals surface area contributed by atoms with Gasteiger partial charge in [-0.15, -0.1) is 0 Å². The van der Waals surface area contributed by atoms with Crippen molar-refractivity contribution in [2.24, 2.45) is 0 Å². The summed E-state index contributed by atoms with van der Waals surface area (Å²) in [4.78, 5) is 27.4. The Morgan fingerprint density at radius 3 is 2.29 bits per heavy atom. The fraction of sp³-hybridized carbons (Fsp3) is 0.179. The van der Waals surface area contributed by atoms with Gasteiger partial charge in [-0.05, 0) is 49.2 Å². The van der Waals surface area contributed by atoms with E-state index in [1.54, 1.807) is 6.20 Å². The number of likely N-dealkylation sites (tertiary alicyclic amines) is 1. The van der Waals surface area contributed by atoms with Gasteiger partial charge in [0.25, 0.3) is 5.91 Å². The van der Waals surface area contributed by atoms with Crippen LogP contribution in [0, 0.1) is 0 Å². The molecule has 0 atom stereocenters. The first-order chi connectivity index (χ1) is 17.2. The number of aromatic nitrogens is 2. The Balaban J connectivity index is 1.21. The monoisotopic (exact) mass is 465 g/mol. The SMILES string of the molecule is O=C(Nc1ccccc1)NC1CCN(C(=O)c2cccc(-n3nccc3-c3ccccc3)c2)CC1. The summed E-state index contributed by atoms with van der Waals surface area (Å²) in [7, 11) is 0. The quantitative estimate of drug-likeness (QED) is 0.437. The van der Waals surface area contributed by atoms with Crippen LogP contribution in [0.15, 0.2) is 97.2 Å². The zero-order valence-corrected chi connectivity index (χ0v) is 19.3. The number of benzene rings is 3. The number of nitrogens with one attached hydrogen (secondary N) is 2. The minimum absolute atomic E-state index is 0.00699. The number of rotatable bonds is 5. The van der Waals surface area contributed by atoms with Crippen molar-refractivity contribution in [3.8, 4) is 16.9 Å². The average molecular weight is 466 g/mol. The van der Waals surface area contributed by atoms with E-state index < -0.39 is 0 Å². The first kappa shape index (κ1) is 22.4. The number of urea groups is 1. The van der Waals surface area contributed by atoms with Crippen molar-refractivity contribution < 1.29 is 9.59 Å². The van der Waals surface area contributed by atoms with Crippen LogP contribution in [0.3, 0.4) is 0 Å². The molecule has 1 aromatic heterocycles. The maximum absolute atomic E-state index is 13.2. The van der Waals surface area contributed by atoms with E-state index in [9.17, 15) is 9.59 Å². The average Bonchev–Trinajstić information content (AvgIpc) is 3.40. The van der Waals surface area contributed by atoms with Crippen molar-refractivity contribution in [3.05, 3.63) is 103 Å². The van der Waals surface area contributed by atoms with Gasteiger partial charge in [-0.25, -0.2) is 9.48 Å².